The van der Waals surface area contributed by atoms with Crippen LogP contribution in [0.2, 0.25) is 0 Å². The lowest BCUT2D eigenvalue weighted by molar-refractivity contribution is -0.140. The minimum Gasteiger partial charge on any atom is -0.384 e. The van der Waals surface area contributed by atoms with Crippen LogP contribution in [0.5, 0.6) is 0 Å². The van der Waals surface area contributed by atoms with E-state index in [0.29, 0.717) is 5.56 Å². The van der Waals surface area contributed by atoms with Gasteiger partial charge in [0.05, 0.1) is 0 Å². The summed E-state index contributed by atoms with van der Waals surface area (Å²) in [6.45, 7) is -0.161. The van der Waals surface area contributed by atoms with Crippen molar-refractivity contribution in [3.63, 3.8) is 0 Å². The van der Waals surface area contributed by atoms with Crippen molar-refractivity contribution in [2.45, 2.75) is 13.1 Å². The van der Waals surface area contributed by atoms with E-state index in [2.05, 4.69) is 11.8 Å². The third-order valence-corrected chi connectivity index (χ3v) is 2.46. The molecular formula is C14H14F3NO2. The molecule has 6 heteroatoms. The maximum absolute atomic E-state index is 12.4. The van der Waals surface area contributed by atoms with Gasteiger partial charge in [0, 0.05) is 17.7 Å². The fraction of sp³-hybridized carbons (Fsp3) is 0.357. The number of benzene rings is 1. The quantitative estimate of drug-likeness (QED) is 0.864. The average molecular weight is 285 g/mol. The van der Waals surface area contributed by atoms with Crippen molar-refractivity contribution in [2.24, 2.45) is 0 Å². The lowest BCUT2D eigenvalue weighted by Crippen LogP contribution is -2.38. The van der Waals surface area contributed by atoms with Crippen LogP contribution in [-0.4, -0.2) is 41.8 Å². The van der Waals surface area contributed by atoms with Crippen LogP contribution in [-0.2, 0) is 0 Å². The number of rotatable bonds is 3. The molecule has 0 aliphatic rings. The van der Waals surface area contributed by atoms with E-state index < -0.39 is 18.6 Å². The molecule has 0 aliphatic carbocycles. The van der Waals surface area contributed by atoms with Crippen molar-refractivity contribution in [1.29, 1.82) is 0 Å². The molecule has 0 bridgehead atoms. The third kappa shape index (κ3) is 4.94. The molecule has 108 valence electrons. The molecule has 0 saturated carbocycles. The largest absolute Gasteiger partial charge is 0.406 e. The standard InChI is InChI=1S/C14H14F3NO2/c1-2-18(10-14(15,16)17)13(20)12-7-3-5-11(9-12)6-4-8-19/h3,5,7,9,19H,2,8,10H2,1H3. The molecule has 1 rings (SSSR count). The fourth-order valence-electron chi connectivity index (χ4n) is 1.60. The highest BCUT2D eigenvalue weighted by Crippen LogP contribution is 2.18. The van der Waals surface area contributed by atoms with Crippen LogP contribution in [0.1, 0.15) is 22.8 Å². The third-order valence-electron chi connectivity index (χ3n) is 2.46. The second-order valence-electron chi connectivity index (χ2n) is 3.98. The zero-order chi connectivity index (χ0) is 15.2. The van der Waals surface area contributed by atoms with Gasteiger partial charge in [-0.15, -0.1) is 0 Å². The van der Waals surface area contributed by atoms with E-state index in [9.17, 15) is 18.0 Å². The SMILES string of the molecule is CCN(CC(F)(F)F)C(=O)c1cccc(C#CCO)c1. The van der Waals surface area contributed by atoms with E-state index in [-0.39, 0.29) is 18.7 Å². The Morgan fingerprint density at radius 2 is 2.10 bits per heavy atom. The van der Waals surface area contributed by atoms with Crippen LogP contribution in [0.15, 0.2) is 24.3 Å². The Labute approximate surface area is 115 Å². The molecule has 1 aromatic carbocycles. The molecule has 0 atom stereocenters. The van der Waals surface area contributed by atoms with Crippen molar-refractivity contribution in [1.82, 2.24) is 4.90 Å². The van der Waals surface area contributed by atoms with E-state index in [4.69, 9.17) is 5.11 Å². The molecule has 0 fully saturated rings. The first-order valence-corrected chi connectivity index (χ1v) is 5.93. The fourth-order valence-corrected chi connectivity index (χ4v) is 1.60. The number of halogens is 3. The van der Waals surface area contributed by atoms with Crippen molar-refractivity contribution in [2.75, 3.05) is 19.7 Å². The summed E-state index contributed by atoms with van der Waals surface area (Å²) in [5, 5.41) is 8.59. The van der Waals surface area contributed by atoms with Gasteiger partial charge in [-0.1, -0.05) is 17.9 Å². The summed E-state index contributed by atoms with van der Waals surface area (Å²) in [4.78, 5) is 12.7. The summed E-state index contributed by atoms with van der Waals surface area (Å²) in [7, 11) is 0. The van der Waals surface area contributed by atoms with Gasteiger partial charge in [-0.3, -0.25) is 4.79 Å². The summed E-state index contributed by atoms with van der Waals surface area (Å²) in [5.74, 6) is 4.32. The number of alkyl halides is 3. The van der Waals surface area contributed by atoms with Crippen LogP contribution in [0.4, 0.5) is 13.2 Å². The molecule has 1 aromatic rings. The first kappa shape index (κ1) is 16.1. The Hall–Kier alpha value is -2.00. The Morgan fingerprint density at radius 1 is 1.40 bits per heavy atom. The van der Waals surface area contributed by atoms with Crippen LogP contribution >= 0.6 is 0 Å². The lowest BCUT2D eigenvalue weighted by atomic mass is 10.1. The molecule has 0 unspecified atom stereocenters. The predicted octanol–water partition coefficient (Wildman–Crippen LogP) is 2.05. The van der Waals surface area contributed by atoms with Gasteiger partial charge in [-0.05, 0) is 25.1 Å². The number of nitrogens with zero attached hydrogens (tertiary/aromatic N) is 1. The van der Waals surface area contributed by atoms with Gasteiger partial charge in [0.1, 0.15) is 13.2 Å². The van der Waals surface area contributed by atoms with Gasteiger partial charge in [-0.25, -0.2) is 0 Å². The van der Waals surface area contributed by atoms with E-state index in [1.54, 1.807) is 6.07 Å². The molecule has 0 aromatic heterocycles. The van der Waals surface area contributed by atoms with Gasteiger partial charge < -0.3 is 10.0 Å². The molecule has 0 aliphatic heterocycles. The number of carbonyl (C=O) groups excluding carboxylic acids is 1. The molecule has 1 amide bonds. The average Bonchev–Trinajstić information content (AvgIpc) is 2.41. The normalized spacial score (nSPS) is 10.7. The summed E-state index contributed by atoms with van der Waals surface area (Å²) < 4.78 is 37.1. The molecule has 0 spiro atoms. The highest BCUT2D eigenvalue weighted by Gasteiger charge is 2.32. The minimum atomic E-state index is -4.43. The number of aliphatic hydroxyl groups is 1. The summed E-state index contributed by atoms with van der Waals surface area (Å²) in [5.41, 5.74) is 0.605. The van der Waals surface area contributed by atoms with E-state index in [1.165, 1.54) is 25.1 Å². The topological polar surface area (TPSA) is 40.5 Å². The number of carbonyl (C=O) groups is 1. The van der Waals surface area contributed by atoms with Crippen LogP contribution in [0.25, 0.3) is 0 Å². The lowest BCUT2D eigenvalue weighted by Gasteiger charge is -2.22. The zero-order valence-corrected chi connectivity index (χ0v) is 10.9. The van der Waals surface area contributed by atoms with Crippen LogP contribution < -0.4 is 0 Å². The molecule has 0 radical (unpaired) electrons. The van der Waals surface area contributed by atoms with Crippen LogP contribution in [0, 0.1) is 11.8 Å². The zero-order valence-electron chi connectivity index (χ0n) is 10.9. The molecular weight excluding hydrogens is 271 g/mol. The number of aliphatic hydroxyl groups excluding tert-OH is 1. The van der Waals surface area contributed by atoms with E-state index in [0.717, 1.165) is 4.90 Å². The first-order chi connectivity index (χ1) is 9.37. The summed E-state index contributed by atoms with van der Waals surface area (Å²) in [6.07, 6.45) is -4.43. The maximum Gasteiger partial charge on any atom is 0.406 e. The van der Waals surface area contributed by atoms with Crippen LogP contribution in [0.3, 0.4) is 0 Å². The van der Waals surface area contributed by atoms with Crippen molar-refractivity contribution < 1.29 is 23.1 Å². The molecule has 0 heterocycles. The van der Waals surface area contributed by atoms with E-state index in [1.807, 2.05) is 0 Å². The van der Waals surface area contributed by atoms with Gasteiger partial charge >= 0.3 is 6.18 Å². The molecule has 0 saturated heterocycles. The first-order valence-electron chi connectivity index (χ1n) is 5.93. The molecule has 20 heavy (non-hydrogen) atoms. The second-order valence-corrected chi connectivity index (χ2v) is 3.98. The highest BCUT2D eigenvalue weighted by molar-refractivity contribution is 5.94. The smallest absolute Gasteiger partial charge is 0.384 e. The van der Waals surface area contributed by atoms with Crippen molar-refractivity contribution >= 4 is 5.91 Å². The molecule has 1 N–H and O–H groups in total. The Kier molecular flexibility index (Phi) is 5.59. The highest BCUT2D eigenvalue weighted by atomic mass is 19.4. The van der Waals surface area contributed by atoms with Gasteiger partial charge in [0.15, 0.2) is 0 Å². The monoisotopic (exact) mass is 285 g/mol. The van der Waals surface area contributed by atoms with Gasteiger partial charge in [0.2, 0.25) is 0 Å². The summed E-state index contributed by atoms with van der Waals surface area (Å²) >= 11 is 0. The Morgan fingerprint density at radius 3 is 2.65 bits per heavy atom. The van der Waals surface area contributed by atoms with E-state index >= 15 is 0 Å². The van der Waals surface area contributed by atoms with Crippen molar-refractivity contribution in [3.05, 3.63) is 35.4 Å². The second kappa shape index (κ2) is 6.96. The van der Waals surface area contributed by atoms with Crippen molar-refractivity contribution in [3.8, 4) is 11.8 Å². The predicted molar refractivity (Wildman–Crippen MR) is 68.0 cm³/mol. The number of hydrogen-bond donors (Lipinski definition) is 1. The molecule has 3 nitrogen and oxygen atoms in total. The van der Waals surface area contributed by atoms with Gasteiger partial charge in [-0.2, -0.15) is 13.2 Å². The maximum atomic E-state index is 12.4. The minimum absolute atomic E-state index is 0.0368. The van der Waals surface area contributed by atoms with Gasteiger partial charge in [0.25, 0.3) is 5.91 Å². The Balaban J connectivity index is 2.95. The Bertz CT molecular complexity index is 529. The number of amides is 1. The number of hydrogen-bond acceptors (Lipinski definition) is 2. The summed E-state index contributed by atoms with van der Waals surface area (Å²) in [6, 6.07) is 5.99.